The largest absolute Gasteiger partial charge is 0.435 e. The van der Waals surface area contributed by atoms with Crippen LogP contribution >= 0.6 is 0 Å². The molecule has 1 aromatic heterocycles. The number of aromatic nitrogens is 2. The van der Waals surface area contributed by atoms with Gasteiger partial charge in [-0.25, -0.2) is 4.57 Å². The zero-order chi connectivity index (χ0) is 14.8. The molecule has 82 valence electrons. The number of hydrogen-bond donors (Lipinski definition) is 2. The predicted octanol–water partition coefficient (Wildman–Crippen LogP) is -1.10. The highest BCUT2D eigenvalue weighted by Gasteiger charge is 2.16. The normalized spacial score (nSPS) is 15.8. The van der Waals surface area contributed by atoms with Gasteiger partial charge in [0.25, 0.3) is 5.91 Å². The van der Waals surface area contributed by atoms with E-state index in [1.54, 1.807) is 5.32 Å². The molecule has 0 radical (unpaired) electrons. The molecule has 0 fully saturated rings. The van der Waals surface area contributed by atoms with Gasteiger partial charge in [0.1, 0.15) is 12.4 Å². The van der Waals surface area contributed by atoms with Crippen LogP contribution in [0.1, 0.15) is 5.48 Å². The lowest BCUT2D eigenvalue weighted by Gasteiger charge is -2.02. The van der Waals surface area contributed by atoms with E-state index in [1.807, 2.05) is 0 Å². The summed E-state index contributed by atoms with van der Waals surface area (Å²) < 4.78 is 28.7. The van der Waals surface area contributed by atoms with Crippen molar-refractivity contribution in [3.8, 4) is 0 Å². The van der Waals surface area contributed by atoms with Crippen molar-refractivity contribution in [2.75, 3.05) is 13.1 Å². The number of carbonyl (C=O) groups is 1. The minimum absolute atomic E-state index is 0.609. The average Bonchev–Trinajstić information content (AvgIpc) is 2.62. The Balaban J connectivity index is 2.76. The van der Waals surface area contributed by atoms with Crippen LogP contribution in [0, 0.1) is 10.1 Å². The average molecular weight is 218 g/mol. The molecule has 1 amide bonds. The number of carbonyl (C=O) groups excluding carboxylic acids is 1. The van der Waals surface area contributed by atoms with Crippen LogP contribution in [0.2, 0.25) is 0 Å². The van der Waals surface area contributed by atoms with E-state index in [1.165, 1.54) is 0 Å². The van der Waals surface area contributed by atoms with Crippen LogP contribution in [-0.4, -0.2) is 38.5 Å². The first-order chi connectivity index (χ1) is 8.54. The lowest BCUT2D eigenvalue weighted by Crippen LogP contribution is -2.30. The molecule has 0 aliphatic heterocycles. The third-order valence-corrected chi connectivity index (χ3v) is 1.43. The summed E-state index contributed by atoms with van der Waals surface area (Å²) in [7, 11) is 0. The molecule has 0 saturated carbocycles. The van der Waals surface area contributed by atoms with Crippen molar-refractivity contribution in [1.29, 1.82) is 0 Å². The van der Waals surface area contributed by atoms with Gasteiger partial charge >= 0.3 is 5.95 Å². The Hall–Kier alpha value is -1.96. The molecule has 8 heteroatoms. The second-order valence-corrected chi connectivity index (χ2v) is 2.40. The van der Waals surface area contributed by atoms with Crippen LogP contribution in [0.5, 0.6) is 0 Å². The first kappa shape index (κ1) is 6.51. The molecule has 0 aliphatic rings. The third kappa shape index (κ3) is 3.02. The lowest BCUT2D eigenvalue weighted by molar-refractivity contribution is -0.396. The van der Waals surface area contributed by atoms with E-state index in [-0.39, 0.29) is 0 Å². The van der Waals surface area contributed by atoms with E-state index in [2.05, 4.69) is 4.98 Å². The number of imidazole rings is 1. The molecule has 0 saturated heterocycles. The van der Waals surface area contributed by atoms with Gasteiger partial charge in [0.05, 0.1) is 12.0 Å². The van der Waals surface area contributed by atoms with Gasteiger partial charge < -0.3 is 20.5 Å². The lowest BCUT2D eigenvalue weighted by atomic mass is 10.5. The zero-order valence-electron chi connectivity index (χ0n) is 11.4. The molecule has 1 rings (SSSR count). The van der Waals surface area contributed by atoms with Gasteiger partial charge in [-0.2, -0.15) is 0 Å². The summed E-state index contributed by atoms with van der Waals surface area (Å²) in [5.41, 5.74) is 0. The number of rotatable bonds is 5. The number of nitrogens with one attached hydrogen (secondary N) is 1. The molecular weight excluding hydrogens is 204 g/mol. The first-order valence-electron chi connectivity index (χ1n) is 5.73. The SMILES string of the molecule is [2H]C([2H])(O)C([2H])([2H])NC(=O)Cn1ccnc1[N+](=O)[O-]. The van der Waals surface area contributed by atoms with Crippen molar-refractivity contribution in [2.24, 2.45) is 0 Å². The maximum absolute atomic E-state index is 11.4. The molecule has 2 N–H and O–H groups in total. The van der Waals surface area contributed by atoms with Gasteiger partial charge in [-0.3, -0.25) is 4.79 Å². The smallest absolute Gasteiger partial charge is 0.395 e. The van der Waals surface area contributed by atoms with Gasteiger partial charge in [-0.1, -0.05) is 4.98 Å². The number of aliphatic hydroxyl groups is 1. The number of amides is 1. The molecule has 15 heavy (non-hydrogen) atoms. The number of nitro groups is 1. The highest BCUT2D eigenvalue weighted by Crippen LogP contribution is 2.06. The summed E-state index contributed by atoms with van der Waals surface area (Å²) in [6.07, 6.45) is 2.23. The zero-order valence-corrected chi connectivity index (χ0v) is 7.38. The highest BCUT2D eigenvalue weighted by molar-refractivity contribution is 5.75. The van der Waals surface area contributed by atoms with Gasteiger partial charge in [0, 0.05) is 6.50 Å². The Labute approximate surface area is 90.3 Å². The Kier molecular flexibility index (Phi) is 2.19. The maximum Gasteiger partial charge on any atom is 0.435 e. The summed E-state index contributed by atoms with van der Waals surface area (Å²) >= 11 is 0. The summed E-state index contributed by atoms with van der Waals surface area (Å²) in [4.78, 5) is 24.5. The minimum Gasteiger partial charge on any atom is -0.395 e. The Morgan fingerprint density at radius 1 is 1.87 bits per heavy atom. The molecule has 0 aliphatic carbocycles. The third-order valence-electron chi connectivity index (χ3n) is 1.43. The first-order valence-corrected chi connectivity index (χ1v) is 3.73. The number of hydrogen-bond acceptors (Lipinski definition) is 5. The minimum atomic E-state index is -3.29. The second kappa shape index (κ2) is 5.05. The molecule has 8 nitrogen and oxygen atoms in total. The summed E-state index contributed by atoms with van der Waals surface area (Å²) in [5.74, 6) is -1.66. The fourth-order valence-corrected chi connectivity index (χ4v) is 0.889. The van der Waals surface area contributed by atoms with Crippen LogP contribution in [0.4, 0.5) is 5.95 Å². The van der Waals surface area contributed by atoms with Crippen molar-refractivity contribution in [1.82, 2.24) is 14.9 Å². The molecule has 0 unspecified atom stereocenters. The Morgan fingerprint density at radius 2 is 2.60 bits per heavy atom. The van der Waals surface area contributed by atoms with Crippen LogP contribution in [-0.2, 0) is 11.3 Å². The topological polar surface area (TPSA) is 110 Å². The predicted molar refractivity (Wildman–Crippen MR) is 49.0 cm³/mol. The molecule has 0 bridgehead atoms. The Morgan fingerprint density at radius 3 is 3.20 bits per heavy atom. The molecule has 0 spiro atoms. The summed E-state index contributed by atoms with van der Waals surface area (Å²) in [5, 5.41) is 21.0. The van der Waals surface area contributed by atoms with Crippen LogP contribution in [0.25, 0.3) is 0 Å². The molecule has 1 heterocycles. The van der Waals surface area contributed by atoms with Crippen LogP contribution < -0.4 is 5.32 Å². The van der Waals surface area contributed by atoms with E-state index in [0.29, 0.717) is 0 Å². The van der Waals surface area contributed by atoms with E-state index >= 15 is 0 Å². The van der Waals surface area contributed by atoms with E-state index < -0.39 is 36.4 Å². The van der Waals surface area contributed by atoms with E-state index in [9.17, 15) is 14.9 Å². The molecular formula is C7H10N4O4. The Bertz CT molecular complexity index is 498. The van der Waals surface area contributed by atoms with Gasteiger partial charge in [0.2, 0.25) is 0 Å². The van der Waals surface area contributed by atoms with Crippen molar-refractivity contribution in [2.45, 2.75) is 6.54 Å². The van der Waals surface area contributed by atoms with Crippen LogP contribution in [0.3, 0.4) is 0 Å². The second-order valence-electron chi connectivity index (χ2n) is 2.40. The van der Waals surface area contributed by atoms with E-state index in [0.717, 1.165) is 17.0 Å². The molecule has 0 atom stereocenters. The van der Waals surface area contributed by atoms with E-state index in [4.69, 9.17) is 10.6 Å². The van der Waals surface area contributed by atoms with Crippen molar-refractivity contribution < 1.29 is 20.3 Å². The summed E-state index contributed by atoms with van der Waals surface area (Å²) in [6.45, 7) is -6.95. The summed E-state index contributed by atoms with van der Waals surface area (Å²) in [6, 6.07) is 0. The van der Waals surface area contributed by atoms with Gasteiger partial charge in [-0.05, 0) is 4.92 Å². The molecule has 0 aromatic carbocycles. The van der Waals surface area contributed by atoms with Crippen molar-refractivity contribution in [3.63, 3.8) is 0 Å². The van der Waals surface area contributed by atoms with Gasteiger partial charge in [0.15, 0.2) is 6.54 Å². The number of nitrogens with zero attached hydrogens (tertiary/aromatic N) is 3. The molecule has 1 aromatic rings. The maximum atomic E-state index is 11.4. The fourth-order valence-electron chi connectivity index (χ4n) is 0.889. The quantitative estimate of drug-likeness (QED) is 0.481. The van der Waals surface area contributed by atoms with Crippen molar-refractivity contribution in [3.05, 3.63) is 22.5 Å². The fraction of sp³-hybridized carbons (Fsp3) is 0.429. The van der Waals surface area contributed by atoms with Crippen molar-refractivity contribution >= 4 is 11.9 Å². The standard InChI is InChI=1S/C7H10N4O4/c12-4-2-8-6(13)5-10-3-1-9-7(10)11(14)15/h1,3,12H,2,4-5H2,(H,8,13)/i2D2,4D2. The monoisotopic (exact) mass is 218 g/mol. The highest BCUT2D eigenvalue weighted by atomic mass is 16.6. The van der Waals surface area contributed by atoms with Crippen LogP contribution in [0.15, 0.2) is 12.4 Å². The van der Waals surface area contributed by atoms with Gasteiger partial charge in [-0.15, -0.1) is 0 Å².